The van der Waals surface area contributed by atoms with Gasteiger partial charge in [-0.3, -0.25) is 0 Å². The lowest BCUT2D eigenvalue weighted by atomic mass is 10.1. The van der Waals surface area contributed by atoms with E-state index in [0.29, 0.717) is 0 Å². The van der Waals surface area contributed by atoms with Crippen molar-refractivity contribution in [1.82, 2.24) is 0 Å². The Hall–Kier alpha value is -0.300. The topological polar surface area (TPSA) is 20.2 Å². The predicted molar refractivity (Wildman–Crippen MR) is 42.9 cm³/mol. The molecule has 0 spiro atoms. The molecule has 1 nitrogen and oxygen atoms in total. The van der Waals surface area contributed by atoms with E-state index in [2.05, 4.69) is 6.92 Å². The van der Waals surface area contributed by atoms with E-state index in [1.165, 1.54) is 36.8 Å². The summed E-state index contributed by atoms with van der Waals surface area (Å²) in [6, 6.07) is 0. The third-order valence-electron chi connectivity index (χ3n) is 2.32. The van der Waals surface area contributed by atoms with E-state index in [1.54, 1.807) is 0 Å². The maximum absolute atomic E-state index is 8.93. The van der Waals surface area contributed by atoms with E-state index >= 15 is 0 Å². The highest BCUT2D eigenvalue weighted by Crippen LogP contribution is 2.22. The fraction of sp³-hybridized carbons (Fsp3) is 0.778. The molecule has 0 heterocycles. The molecule has 1 aliphatic rings. The zero-order chi connectivity index (χ0) is 7.40. The summed E-state index contributed by atoms with van der Waals surface area (Å²) in [5.41, 5.74) is 2.72. The molecule has 0 aromatic rings. The second-order valence-electron chi connectivity index (χ2n) is 3.10. The van der Waals surface area contributed by atoms with Crippen molar-refractivity contribution in [2.24, 2.45) is 0 Å². The standard InChI is InChI=1S/C9H16O/c1-8-5-3-2-4-6-9(8)7-10/h10H,2-7H2,1H3. The van der Waals surface area contributed by atoms with E-state index in [1.807, 2.05) is 0 Å². The lowest BCUT2D eigenvalue weighted by molar-refractivity contribution is 0.325. The molecule has 1 aliphatic carbocycles. The lowest BCUT2D eigenvalue weighted by Crippen LogP contribution is -1.92. The minimum Gasteiger partial charge on any atom is -0.392 e. The van der Waals surface area contributed by atoms with Crippen LogP contribution in [0.1, 0.15) is 39.0 Å². The van der Waals surface area contributed by atoms with Crippen molar-refractivity contribution in [2.75, 3.05) is 6.61 Å². The molecule has 0 amide bonds. The zero-order valence-electron chi connectivity index (χ0n) is 6.69. The summed E-state index contributed by atoms with van der Waals surface area (Å²) in [6.45, 7) is 2.43. The van der Waals surface area contributed by atoms with Gasteiger partial charge in [-0.05, 0) is 38.2 Å². The molecule has 1 N–H and O–H groups in total. The average molecular weight is 140 g/mol. The first kappa shape index (κ1) is 7.80. The molecule has 1 heteroatoms. The van der Waals surface area contributed by atoms with Crippen LogP contribution in [-0.2, 0) is 0 Å². The normalized spacial score (nSPS) is 21.0. The first-order chi connectivity index (χ1) is 4.84. The van der Waals surface area contributed by atoms with Crippen LogP contribution in [0, 0.1) is 0 Å². The average Bonchev–Trinajstić information content (AvgIpc) is 2.13. The molecule has 10 heavy (non-hydrogen) atoms. The fourth-order valence-corrected chi connectivity index (χ4v) is 1.51. The van der Waals surface area contributed by atoms with Crippen molar-refractivity contribution in [3.05, 3.63) is 11.1 Å². The molecule has 0 saturated heterocycles. The quantitative estimate of drug-likeness (QED) is 0.554. The van der Waals surface area contributed by atoms with Crippen molar-refractivity contribution < 1.29 is 5.11 Å². The van der Waals surface area contributed by atoms with Crippen LogP contribution in [0.5, 0.6) is 0 Å². The second-order valence-corrected chi connectivity index (χ2v) is 3.10. The maximum atomic E-state index is 8.93. The summed E-state index contributed by atoms with van der Waals surface area (Å²) in [6.07, 6.45) is 6.25. The van der Waals surface area contributed by atoms with Crippen molar-refractivity contribution in [2.45, 2.75) is 39.0 Å². The van der Waals surface area contributed by atoms with Crippen molar-refractivity contribution in [3.63, 3.8) is 0 Å². The molecule has 0 aromatic heterocycles. The SMILES string of the molecule is CC1=C(CO)CCCCC1. The molecule has 58 valence electrons. The Kier molecular flexibility index (Phi) is 2.94. The van der Waals surface area contributed by atoms with Gasteiger partial charge in [-0.2, -0.15) is 0 Å². The Morgan fingerprint density at radius 1 is 1.20 bits per heavy atom. The number of aliphatic hydroxyl groups excluding tert-OH is 1. The van der Waals surface area contributed by atoms with E-state index in [4.69, 9.17) is 5.11 Å². The molecule has 0 aromatic carbocycles. The summed E-state index contributed by atoms with van der Waals surface area (Å²) < 4.78 is 0. The summed E-state index contributed by atoms with van der Waals surface area (Å²) in [5.74, 6) is 0. The number of hydrogen-bond acceptors (Lipinski definition) is 1. The summed E-state index contributed by atoms with van der Waals surface area (Å²) in [7, 11) is 0. The maximum Gasteiger partial charge on any atom is 0.0644 e. The molecule has 0 bridgehead atoms. The fourth-order valence-electron chi connectivity index (χ4n) is 1.51. The highest BCUT2D eigenvalue weighted by Gasteiger charge is 2.05. The molecular weight excluding hydrogens is 124 g/mol. The predicted octanol–water partition coefficient (Wildman–Crippen LogP) is 2.26. The molecule has 0 saturated carbocycles. The molecule has 1 rings (SSSR count). The molecule has 0 atom stereocenters. The van der Waals surface area contributed by atoms with Gasteiger partial charge in [-0.25, -0.2) is 0 Å². The Balaban J connectivity index is 2.58. The number of allylic oxidation sites excluding steroid dienone is 1. The minimum absolute atomic E-state index is 0.284. The van der Waals surface area contributed by atoms with Gasteiger partial charge in [0.25, 0.3) is 0 Å². The highest BCUT2D eigenvalue weighted by atomic mass is 16.3. The lowest BCUT2D eigenvalue weighted by Gasteiger charge is -2.03. The van der Waals surface area contributed by atoms with Gasteiger partial charge in [-0.1, -0.05) is 12.0 Å². The Labute approximate surface area is 62.8 Å². The van der Waals surface area contributed by atoms with Crippen LogP contribution < -0.4 is 0 Å². The zero-order valence-corrected chi connectivity index (χ0v) is 6.69. The highest BCUT2D eigenvalue weighted by molar-refractivity contribution is 5.13. The molecule has 0 aliphatic heterocycles. The van der Waals surface area contributed by atoms with Gasteiger partial charge >= 0.3 is 0 Å². The summed E-state index contributed by atoms with van der Waals surface area (Å²) in [5, 5.41) is 8.93. The van der Waals surface area contributed by atoms with E-state index in [0.717, 1.165) is 6.42 Å². The van der Waals surface area contributed by atoms with Gasteiger partial charge in [0, 0.05) is 0 Å². The first-order valence-electron chi connectivity index (χ1n) is 4.13. The van der Waals surface area contributed by atoms with Gasteiger partial charge in [-0.15, -0.1) is 0 Å². The third kappa shape index (κ3) is 1.84. The largest absolute Gasteiger partial charge is 0.392 e. The van der Waals surface area contributed by atoms with Crippen LogP contribution in [0.15, 0.2) is 11.1 Å². The minimum atomic E-state index is 0.284. The van der Waals surface area contributed by atoms with Crippen LogP contribution >= 0.6 is 0 Å². The van der Waals surface area contributed by atoms with E-state index < -0.39 is 0 Å². The molecule has 0 fully saturated rings. The van der Waals surface area contributed by atoms with Crippen molar-refractivity contribution >= 4 is 0 Å². The van der Waals surface area contributed by atoms with Gasteiger partial charge in [0.15, 0.2) is 0 Å². The van der Waals surface area contributed by atoms with Gasteiger partial charge in [0.05, 0.1) is 6.61 Å². The Morgan fingerprint density at radius 3 is 2.60 bits per heavy atom. The Morgan fingerprint density at radius 2 is 1.90 bits per heavy atom. The van der Waals surface area contributed by atoms with Crippen molar-refractivity contribution in [1.29, 1.82) is 0 Å². The smallest absolute Gasteiger partial charge is 0.0644 e. The van der Waals surface area contributed by atoms with Crippen molar-refractivity contribution in [3.8, 4) is 0 Å². The van der Waals surface area contributed by atoms with Crippen LogP contribution in [0.25, 0.3) is 0 Å². The Bertz CT molecular complexity index is 136. The molecule has 0 unspecified atom stereocenters. The second kappa shape index (κ2) is 3.77. The van der Waals surface area contributed by atoms with Crippen LogP contribution in [0.3, 0.4) is 0 Å². The van der Waals surface area contributed by atoms with Crippen LogP contribution in [-0.4, -0.2) is 11.7 Å². The van der Waals surface area contributed by atoms with Gasteiger partial charge in [0.2, 0.25) is 0 Å². The van der Waals surface area contributed by atoms with E-state index in [-0.39, 0.29) is 6.61 Å². The summed E-state index contributed by atoms with van der Waals surface area (Å²) >= 11 is 0. The number of aliphatic hydroxyl groups is 1. The molecule has 0 radical (unpaired) electrons. The van der Waals surface area contributed by atoms with Gasteiger partial charge in [0.1, 0.15) is 0 Å². The first-order valence-corrected chi connectivity index (χ1v) is 4.13. The van der Waals surface area contributed by atoms with Gasteiger partial charge < -0.3 is 5.11 Å². The summed E-state index contributed by atoms with van der Waals surface area (Å²) in [4.78, 5) is 0. The third-order valence-corrected chi connectivity index (χ3v) is 2.32. The van der Waals surface area contributed by atoms with Crippen LogP contribution in [0.2, 0.25) is 0 Å². The monoisotopic (exact) mass is 140 g/mol. The van der Waals surface area contributed by atoms with Crippen LogP contribution in [0.4, 0.5) is 0 Å². The van der Waals surface area contributed by atoms with E-state index in [9.17, 15) is 0 Å². The number of hydrogen-bond donors (Lipinski definition) is 1. The number of rotatable bonds is 1. The molecular formula is C9H16O.